The summed E-state index contributed by atoms with van der Waals surface area (Å²) in [7, 11) is 2.07. The molecule has 1 aromatic heterocycles. The average Bonchev–Trinajstić information content (AvgIpc) is 2.96. The zero-order valence-electron chi connectivity index (χ0n) is 12.7. The Kier molecular flexibility index (Phi) is 4.35. The summed E-state index contributed by atoms with van der Waals surface area (Å²) in [5, 5.41) is 3.40. The molecule has 1 aliphatic rings. The van der Waals surface area contributed by atoms with Gasteiger partial charge in [-0.3, -0.25) is 5.32 Å². The van der Waals surface area contributed by atoms with Gasteiger partial charge in [-0.25, -0.2) is 4.79 Å². The van der Waals surface area contributed by atoms with E-state index in [2.05, 4.69) is 33.5 Å². The number of rotatable bonds is 2. The van der Waals surface area contributed by atoms with Crippen molar-refractivity contribution < 1.29 is 4.79 Å². The lowest BCUT2D eigenvalue weighted by Gasteiger charge is -2.37. The first-order valence-corrected chi connectivity index (χ1v) is 8.06. The molecule has 0 spiro atoms. The van der Waals surface area contributed by atoms with Crippen LogP contribution >= 0.6 is 11.5 Å². The van der Waals surface area contributed by atoms with E-state index in [0.29, 0.717) is 11.0 Å². The van der Waals surface area contributed by atoms with E-state index in [4.69, 9.17) is 0 Å². The maximum absolute atomic E-state index is 12.4. The van der Waals surface area contributed by atoms with Gasteiger partial charge in [0.2, 0.25) is 5.13 Å². The second-order valence-corrected chi connectivity index (χ2v) is 6.28. The molecule has 7 heteroatoms. The van der Waals surface area contributed by atoms with E-state index in [-0.39, 0.29) is 12.1 Å². The predicted molar refractivity (Wildman–Crippen MR) is 88.0 cm³/mol. The Bertz CT molecular complexity index is 644. The van der Waals surface area contributed by atoms with Gasteiger partial charge in [-0.1, -0.05) is 30.3 Å². The van der Waals surface area contributed by atoms with Crippen molar-refractivity contribution in [1.82, 2.24) is 19.2 Å². The summed E-state index contributed by atoms with van der Waals surface area (Å²) in [6, 6.07) is 9.84. The van der Waals surface area contributed by atoms with Gasteiger partial charge in [-0.2, -0.15) is 9.36 Å². The number of urea groups is 1. The minimum absolute atomic E-state index is 0.101. The molecule has 1 saturated heterocycles. The van der Waals surface area contributed by atoms with Crippen LogP contribution in [-0.4, -0.2) is 57.9 Å². The maximum atomic E-state index is 12.4. The summed E-state index contributed by atoms with van der Waals surface area (Å²) < 4.78 is 4.30. The molecule has 0 aliphatic carbocycles. The van der Waals surface area contributed by atoms with E-state index in [1.807, 2.05) is 35.2 Å². The Labute approximate surface area is 133 Å². The van der Waals surface area contributed by atoms with E-state index >= 15 is 0 Å². The molecule has 0 unspecified atom stereocenters. The number of carbonyl (C=O) groups excluding carboxylic acids is 1. The number of amides is 2. The molecule has 22 heavy (non-hydrogen) atoms. The molecule has 2 heterocycles. The van der Waals surface area contributed by atoms with Crippen molar-refractivity contribution in [3.8, 4) is 11.4 Å². The Morgan fingerprint density at radius 1 is 1.32 bits per heavy atom. The number of anilines is 1. The molecule has 0 bridgehead atoms. The third-order valence-corrected chi connectivity index (χ3v) is 4.39. The van der Waals surface area contributed by atoms with Crippen LogP contribution in [0.3, 0.4) is 0 Å². The van der Waals surface area contributed by atoms with Crippen LogP contribution in [0, 0.1) is 0 Å². The standard InChI is InChI=1S/C15H19N5OS/c1-11-10-19(2)8-9-20(11)15(21)17-14-16-13(18-22-14)12-6-4-3-5-7-12/h3-7,11H,8-10H2,1-2H3,(H,16,17,18,21)/t11-/m0/s1. The monoisotopic (exact) mass is 317 g/mol. The molecule has 0 radical (unpaired) electrons. The first-order chi connectivity index (χ1) is 10.6. The summed E-state index contributed by atoms with van der Waals surface area (Å²) in [6.45, 7) is 4.57. The fourth-order valence-electron chi connectivity index (χ4n) is 2.58. The Morgan fingerprint density at radius 2 is 2.09 bits per heavy atom. The predicted octanol–water partition coefficient (Wildman–Crippen LogP) is 2.37. The fourth-order valence-corrected chi connectivity index (χ4v) is 3.16. The number of aromatic nitrogens is 2. The van der Waals surface area contributed by atoms with Crippen LogP contribution in [-0.2, 0) is 0 Å². The third kappa shape index (κ3) is 3.26. The SMILES string of the molecule is C[C@H]1CN(C)CCN1C(=O)Nc1nc(-c2ccccc2)ns1. The van der Waals surface area contributed by atoms with Crippen molar-refractivity contribution in [2.75, 3.05) is 32.0 Å². The number of benzene rings is 1. The Balaban J connectivity index is 1.66. The van der Waals surface area contributed by atoms with Gasteiger partial charge in [0.05, 0.1) is 0 Å². The van der Waals surface area contributed by atoms with Crippen LogP contribution < -0.4 is 5.32 Å². The highest BCUT2D eigenvalue weighted by atomic mass is 32.1. The van der Waals surface area contributed by atoms with Crippen molar-refractivity contribution in [3.05, 3.63) is 30.3 Å². The van der Waals surface area contributed by atoms with Crippen LogP contribution in [0.1, 0.15) is 6.92 Å². The highest BCUT2D eigenvalue weighted by Crippen LogP contribution is 2.21. The van der Waals surface area contributed by atoms with E-state index < -0.39 is 0 Å². The van der Waals surface area contributed by atoms with Gasteiger partial charge < -0.3 is 9.80 Å². The first kappa shape index (κ1) is 14.9. The van der Waals surface area contributed by atoms with Crippen LogP contribution in [0.5, 0.6) is 0 Å². The van der Waals surface area contributed by atoms with Crippen molar-refractivity contribution in [1.29, 1.82) is 0 Å². The second kappa shape index (κ2) is 6.41. The molecule has 116 valence electrons. The van der Waals surface area contributed by atoms with Gasteiger partial charge in [0.1, 0.15) is 0 Å². The lowest BCUT2D eigenvalue weighted by molar-refractivity contribution is 0.125. The molecule has 0 saturated carbocycles. The highest BCUT2D eigenvalue weighted by molar-refractivity contribution is 7.10. The van der Waals surface area contributed by atoms with Crippen molar-refractivity contribution >= 4 is 22.7 Å². The summed E-state index contributed by atoms with van der Waals surface area (Å²) in [4.78, 5) is 20.8. The average molecular weight is 317 g/mol. The number of hydrogen-bond donors (Lipinski definition) is 1. The Morgan fingerprint density at radius 3 is 2.82 bits per heavy atom. The molecule has 1 N–H and O–H groups in total. The summed E-state index contributed by atoms with van der Waals surface area (Å²) in [5.74, 6) is 0.646. The minimum Gasteiger partial charge on any atom is -0.319 e. The summed E-state index contributed by atoms with van der Waals surface area (Å²) in [5.41, 5.74) is 0.951. The van der Waals surface area contributed by atoms with Crippen molar-refractivity contribution in [2.24, 2.45) is 0 Å². The van der Waals surface area contributed by atoms with E-state index in [0.717, 1.165) is 25.2 Å². The quantitative estimate of drug-likeness (QED) is 0.924. The molecule has 1 aliphatic heterocycles. The van der Waals surface area contributed by atoms with E-state index in [1.165, 1.54) is 11.5 Å². The number of hydrogen-bond acceptors (Lipinski definition) is 5. The molecule has 2 aromatic rings. The van der Waals surface area contributed by atoms with Crippen molar-refractivity contribution in [2.45, 2.75) is 13.0 Å². The zero-order chi connectivity index (χ0) is 15.5. The molecule has 3 rings (SSSR count). The van der Waals surface area contributed by atoms with E-state index in [9.17, 15) is 4.79 Å². The molecule has 6 nitrogen and oxygen atoms in total. The summed E-state index contributed by atoms with van der Waals surface area (Å²) in [6.07, 6.45) is 0. The number of nitrogens with zero attached hydrogens (tertiary/aromatic N) is 4. The van der Waals surface area contributed by atoms with Crippen molar-refractivity contribution in [3.63, 3.8) is 0 Å². The third-order valence-electron chi connectivity index (χ3n) is 3.76. The number of carbonyl (C=O) groups is 1. The number of nitrogens with one attached hydrogen (secondary N) is 1. The van der Waals surface area contributed by atoms with E-state index in [1.54, 1.807) is 0 Å². The minimum atomic E-state index is -0.101. The largest absolute Gasteiger partial charge is 0.324 e. The van der Waals surface area contributed by atoms with Gasteiger partial charge in [-0.15, -0.1) is 0 Å². The van der Waals surface area contributed by atoms with Gasteiger partial charge in [0.15, 0.2) is 5.82 Å². The Hall–Kier alpha value is -1.99. The van der Waals surface area contributed by atoms with Crippen LogP contribution in [0.4, 0.5) is 9.93 Å². The molecule has 2 amide bonds. The normalized spacial score (nSPS) is 19.2. The smallest absolute Gasteiger partial charge is 0.319 e. The second-order valence-electron chi connectivity index (χ2n) is 5.52. The first-order valence-electron chi connectivity index (χ1n) is 7.29. The number of likely N-dealkylation sites (N-methyl/N-ethyl adjacent to an activating group) is 1. The number of piperazine rings is 1. The lowest BCUT2D eigenvalue weighted by atomic mass is 10.2. The molecule has 1 atom stereocenters. The topological polar surface area (TPSA) is 61.4 Å². The fraction of sp³-hybridized carbons (Fsp3) is 0.400. The maximum Gasteiger partial charge on any atom is 0.324 e. The molecule has 1 aromatic carbocycles. The van der Waals surface area contributed by atoms with Gasteiger partial charge >= 0.3 is 6.03 Å². The molecule has 1 fully saturated rings. The van der Waals surface area contributed by atoms with Gasteiger partial charge in [0.25, 0.3) is 0 Å². The van der Waals surface area contributed by atoms with Gasteiger partial charge in [-0.05, 0) is 14.0 Å². The lowest BCUT2D eigenvalue weighted by Crippen LogP contribution is -2.53. The molecular formula is C15H19N5OS. The zero-order valence-corrected chi connectivity index (χ0v) is 13.5. The van der Waals surface area contributed by atoms with Crippen LogP contribution in [0.25, 0.3) is 11.4 Å². The molecular weight excluding hydrogens is 298 g/mol. The summed E-state index contributed by atoms with van der Waals surface area (Å²) >= 11 is 1.21. The van der Waals surface area contributed by atoms with Gasteiger partial charge in [0, 0.05) is 42.8 Å². The highest BCUT2D eigenvalue weighted by Gasteiger charge is 2.26. The van der Waals surface area contributed by atoms with Crippen LogP contribution in [0.2, 0.25) is 0 Å². The van der Waals surface area contributed by atoms with Crippen LogP contribution in [0.15, 0.2) is 30.3 Å².